The second-order valence-corrected chi connectivity index (χ2v) is 4.48. The first-order valence-corrected chi connectivity index (χ1v) is 6.07. The van der Waals surface area contributed by atoms with Gasteiger partial charge < -0.3 is 5.32 Å². The summed E-state index contributed by atoms with van der Waals surface area (Å²) in [5.74, 6) is 1.57. The average Bonchev–Trinajstić information content (AvgIpc) is 2.83. The Kier molecular flexibility index (Phi) is 3.44. The molecule has 1 atom stereocenters. The molecule has 1 aromatic rings. The minimum atomic E-state index is -0.129. The molecule has 2 rings (SSSR count). The van der Waals surface area contributed by atoms with Crippen LogP contribution in [0.5, 0.6) is 0 Å². The predicted octanol–water partition coefficient (Wildman–Crippen LogP) is 1.16. The Hall–Kier alpha value is -1.51. The van der Waals surface area contributed by atoms with Crippen LogP contribution < -0.4 is 10.6 Å². The molecule has 2 N–H and O–H groups in total. The summed E-state index contributed by atoms with van der Waals surface area (Å²) >= 11 is 1.70. The van der Waals surface area contributed by atoms with E-state index in [0.29, 0.717) is 11.3 Å². The molecule has 1 fully saturated rings. The molecule has 16 heavy (non-hydrogen) atoms. The largest absolute Gasteiger partial charge is 0.325 e. The van der Waals surface area contributed by atoms with Crippen LogP contribution in [0, 0.1) is 11.3 Å². The molecular weight excluding hydrogens is 222 g/mol. The van der Waals surface area contributed by atoms with Gasteiger partial charge in [-0.1, -0.05) is 6.07 Å². The quantitative estimate of drug-likeness (QED) is 0.804. The van der Waals surface area contributed by atoms with Crippen molar-refractivity contribution in [1.29, 1.82) is 5.26 Å². The highest BCUT2D eigenvalue weighted by molar-refractivity contribution is 7.99. The molecule has 0 radical (unpaired) electrons. The number of hydrogen-bond acceptors (Lipinski definition) is 4. The van der Waals surface area contributed by atoms with Crippen molar-refractivity contribution in [3.05, 3.63) is 29.8 Å². The summed E-state index contributed by atoms with van der Waals surface area (Å²) in [6, 6.07) is 8.82. The number of amides is 1. The Morgan fingerprint density at radius 2 is 2.50 bits per heavy atom. The Morgan fingerprint density at radius 3 is 3.19 bits per heavy atom. The second-order valence-electron chi connectivity index (χ2n) is 3.45. The third-order valence-electron chi connectivity index (χ3n) is 2.29. The summed E-state index contributed by atoms with van der Waals surface area (Å²) in [6.45, 7) is 0. The standard InChI is InChI=1S/C11H11N3OS/c12-5-8-2-1-3-9(4-8)14-11(15)10-6-16-7-13-10/h1-4,10,13H,6-7H2,(H,14,15). The number of anilines is 1. The third-order valence-corrected chi connectivity index (χ3v) is 3.23. The summed E-state index contributed by atoms with van der Waals surface area (Å²) in [4.78, 5) is 11.7. The molecule has 5 heteroatoms. The molecule has 1 aliphatic heterocycles. The Morgan fingerprint density at radius 1 is 1.62 bits per heavy atom. The molecule has 1 unspecified atom stereocenters. The normalized spacial score (nSPS) is 19.1. The Bertz CT molecular complexity index is 435. The molecule has 1 heterocycles. The fourth-order valence-electron chi connectivity index (χ4n) is 1.46. The van der Waals surface area contributed by atoms with Crippen LogP contribution in [-0.4, -0.2) is 23.6 Å². The van der Waals surface area contributed by atoms with Crippen molar-refractivity contribution >= 4 is 23.4 Å². The summed E-state index contributed by atoms with van der Waals surface area (Å²) in [6.07, 6.45) is 0. The molecule has 1 amide bonds. The van der Waals surface area contributed by atoms with Crippen LogP contribution in [0.25, 0.3) is 0 Å². The van der Waals surface area contributed by atoms with E-state index in [-0.39, 0.29) is 11.9 Å². The maximum Gasteiger partial charge on any atom is 0.242 e. The number of nitriles is 1. The van der Waals surface area contributed by atoms with Gasteiger partial charge in [0.15, 0.2) is 0 Å². The molecule has 82 valence electrons. The van der Waals surface area contributed by atoms with Crippen LogP contribution in [0.2, 0.25) is 0 Å². The van der Waals surface area contributed by atoms with E-state index in [4.69, 9.17) is 5.26 Å². The Labute approximate surface area is 98.0 Å². The van der Waals surface area contributed by atoms with Gasteiger partial charge in [0, 0.05) is 17.3 Å². The van der Waals surface area contributed by atoms with E-state index in [9.17, 15) is 4.79 Å². The zero-order valence-electron chi connectivity index (χ0n) is 8.56. The highest BCUT2D eigenvalue weighted by Crippen LogP contribution is 2.13. The third kappa shape index (κ3) is 2.54. The van der Waals surface area contributed by atoms with Crippen LogP contribution in [-0.2, 0) is 4.79 Å². The molecule has 0 saturated carbocycles. The van der Waals surface area contributed by atoms with Crippen LogP contribution in [0.15, 0.2) is 24.3 Å². The lowest BCUT2D eigenvalue weighted by atomic mass is 10.2. The molecule has 1 aliphatic rings. The Balaban J connectivity index is 2.03. The predicted molar refractivity (Wildman–Crippen MR) is 64.0 cm³/mol. The number of thioether (sulfide) groups is 1. The maximum absolute atomic E-state index is 11.7. The van der Waals surface area contributed by atoms with E-state index in [2.05, 4.69) is 10.6 Å². The molecule has 0 bridgehead atoms. The molecule has 0 aliphatic carbocycles. The van der Waals surface area contributed by atoms with E-state index in [1.54, 1.807) is 36.0 Å². The van der Waals surface area contributed by atoms with Gasteiger partial charge in [0.1, 0.15) is 0 Å². The minimum absolute atomic E-state index is 0.0416. The fraction of sp³-hybridized carbons (Fsp3) is 0.273. The van der Waals surface area contributed by atoms with Crippen LogP contribution in [0.1, 0.15) is 5.56 Å². The topological polar surface area (TPSA) is 64.9 Å². The van der Waals surface area contributed by atoms with Gasteiger partial charge in [-0.2, -0.15) is 5.26 Å². The number of carbonyl (C=O) groups excluding carboxylic acids is 1. The van der Waals surface area contributed by atoms with Crippen molar-refractivity contribution < 1.29 is 4.79 Å². The minimum Gasteiger partial charge on any atom is -0.325 e. The number of benzene rings is 1. The van der Waals surface area contributed by atoms with Crippen LogP contribution in [0.4, 0.5) is 5.69 Å². The molecular formula is C11H11N3OS. The van der Waals surface area contributed by atoms with Gasteiger partial charge >= 0.3 is 0 Å². The second kappa shape index (κ2) is 5.01. The van der Waals surface area contributed by atoms with Gasteiger partial charge in [0.2, 0.25) is 5.91 Å². The summed E-state index contributed by atoms with van der Waals surface area (Å²) in [5, 5.41) is 14.6. The highest BCUT2D eigenvalue weighted by Gasteiger charge is 2.22. The number of nitrogens with zero attached hydrogens (tertiary/aromatic N) is 1. The zero-order chi connectivity index (χ0) is 11.4. The monoisotopic (exact) mass is 233 g/mol. The number of nitrogens with one attached hydrogen (secondary N) is 2. The maximum atomic E-state index is 11.7. The zero-order valence-corrected chi connectivity index (χ0v) is 9.38. The smallest absolute Gasteiger partial charge is 0.242 e. The average molecular weight is 233 g/mol. The number of rotatable bonds is 2. The van der Waals surface area contributed by atoms with E-state index < -0.39 is 0 Å². The highest BCUT2D eigenvalue weighted by atomic mass is 32.2. The first-order valence-electron chi connectivity index (χ1n) is 4.92. The summed E-state index contributed by atoms with van der Waals surface area (Å²) in [5.41, 5.74) is 1.22. The van der Waals surface area contributed by atoms with Crippen molar-refractivity contribution in [2.24, 2.45) is 0 Å². The van der Waals surface area contributed by atoms with Crippen molar-refractivity contribution in [2.45, 2.75) is 6.04 Å². The van der Waals surface area contributed by atoms with Gasteiger partial charge in [-0.3, -0.25) is 10.1 Å². The van der Waals surface area contributed by atoms with Crippen molar-refractivity contribution in [2.75, 3.05) is 16.9 Å². The van der Waals surface area contributed by atoms with E-state index in [0.717, 1.165) is 11.6 Å². The van der Waals surface area contributed by atoms with Crippen molar-refractivity contribution in [3.8, 4) is 6.07 Å². The molecule has 1 aromatic carbocycles. The van der Waals surface area contributed by atoms with Gasteiger partial charge in [-0.25, -0.2) is 0 Å². The number of hydrogen-bond donors (Lipinski definition) is 2. The van der Waals surface area contributed by atoms with Crippen LogP contribution in [0.3, 0.4) is 0 Å². The molecule has 4 nitrogen and oxygen atoms in total. The van der Waals surface area contributed by atoms with Crippen molar-refractivity contribution in [3.63, 3.8) is 0 Å². The van der Waals surface area contributed by atoms with E-state index in [1.165, 1.54) is 0 Å². The summed E-state index contributed by atoms with van der Waals surface area (Å²) < 4.78 is 0. The lowest BCUT2D eigenvalue weighted by Gasteiger charge is -2.10. The van der Waals surface area contributed by atoms with Gasteiger partial charge in [0.05, 0.1) is 17.7 Å². The lowest BCUT2D eigenvalue weighted by molar-refractivity contribution is -0.117. The van der Waals surface area contributed by atoms with Gasteiger partial charge in [-0.15, -0.1) is 11.8 Å². The fourth-order valence-corrected chi connectivity index (χ4v) is 2.40. The SMILES string of the molecule is N#Cc1cccc(NC(=O)C2CSCN2)c1. The molecule has 0 aromatic heterocycles. The van der Waals surface area contributed by atoms with Crippen LogP contribution >= 0.6 is 11.8 Å². The first kappa shape index (κ1) is 11.0. The molecule has 0 spiro atoms. The first-order chi connectivity index (χ1) is 7.79. The van der Waals surface area contributed by atoms with E-state index >= 15 is 0 Å². The lowest BCUT2D eigenvalue weighted by Crippen LogP contribution is -2.37. The summed E-state index contributed by atoms with van der Waals surface area (Å²) in [7, 11) is 0. The number of carbonyl (C=O) groups is 1. The van der Waals surface area contributed by atoms with E-state index in [1.807, 2.05) is 6.07 Å². The van der Waals surface area contributed by atoms with Gasteiger partial charge in [-0.05, 0) is 18.2 Å². The molecule has 1 saturated heterocycles. The van der Waals surface area contributed by atoms with Gasteiger partial charge in [0.25, 0.3) is 0 Å². The van der Waals surface area contributed by atoms with Crippen molar-refractivity contribution in [1.82, 2.24) is 5.32 Å².